The molecule has 0 radical (unpaired) electrons. The van der Waals surface area contributed by atoms with Gasteiger partial charge in [0, 0.05) is 0 Å². The van der Waals surface area contributed by atoms with Crippen LogP contribution in [0.5, 0.6) is 5.75 Å². The van der Waals surface area contributed by atoms with E-state index >= 15 is 0 Å². The van der Waals surface area contributed by atoms with Gasteiger partial charge in [0.25, 0.3) is 0 Å². The van der Waals surface area contributed by atoms with Gasteiger partial charge in [0.2, 0.25) is 0 Å². The third-order valence-corrected chi connectivity index (χ3v) is 1.36. The Kier molecular flexibility index (Phi) is 1.97. The highest BCUT2D eigenvalue weighted by Crippen LogP contribution is 2.17. The van der Waals surface area contributed by atoms with Crippen LogP contribution in [0.3, 0.4) is 0 Å². The summed E-state index contributed by atoms with van der Waals surface area (Å²) in [7, 11) is 0. The number of aromatic hydroxyl groups is 1. The Hall–Kier alpha value is -2.02. The molecule has 4 nitrogen and oxygen atoms in total. The molecule has 0 amide bonds. The van der Waals surface area contributed by atoms with E-state index in [-0.39, 0.29) is 16.9 Å². The van der Waals surface area contributed by atoms with Crippen molar-refractivity contribution in [3.63, 3.8) is 0 Å². The highest BCUT2D eigenvalue weighted by atomic mass is 16.4. The third kappa shape index (κ3) is 1.35. The van der Waals surface area contributed by atoms with Crippen LogP contribution in [0, 0.1) is 11.3 Å². The lowest BCUT2D eigenvalue weighted by Gasteiger charge is -1.97. The Morgan fingerprint density at radius 1 is 1.50 bits per heavy atom. The summed E-state index contributed by atoms with van der Waals surface area (Å²) < 4.78 is 0. The van der Waals surface area contributed by atoms with Crippen LogP contribution in [0.15, 0.2) is 18.2 Å². The normalized spacial score (nSPS) is 8.92. The number of hydrogen-bond acceptors (Lipinski definition) is 3. The zero-order valence-corrected chi connectivity index (χ0v) is 5.98. The smallest absolute Gasteiger partial charge is 0.339 e. The van der Waals surface area contributed by atoms with E-state index < -0.39 is 5.97 Å². The lowest BCUT2D eigenvalue weighted by molar-refractivity contribution is 0.0693. The number of carbonyl (C=O) groups is 1. The summed E-state index contributed by atoms with van der Waals surface area (Å²) in [6.45, 7) is 0. The van der Waals surface area contributed by atoms with Crippen LogP contribution in [0.25, 0.3) is 0 Å². The van der Waals surface area contributed by atoms with E-state index in [9.17, 15) is 4.79 Å². The molecule has 1 aromatic rings. The number of rotatable bonds is 1. The number of nitrogens with zero attached hydrogens (tertiary/aromatic N) is 1. The minimum Gasteiger partial charge on any atom is -0.507 e. The van der Waals surface area contributed by atoms with Crippen molar-refractivity contribution >= 4 is 5.97 Å². The maximum absolute atomic E-state index is 10.4. The van der Waals surface area contributed by atoms with Gasteiger partial charge in [0.15, 0.2) is 0 Å². The van der Waals surface area contributed by atoms with Crippen molar-refractivity contribution in [3.8, 4) is 11.8 Å². The summed E-state index contributed by atoms with van der Waals surface area (Å²) in [4.78, 5) is 10.4. The SMILES string of the molecule is N#Cc1ccc(O)c(C(=O)O)c1. The second-order valence-electron chi connectivity index (χ2n) is 2.15. The molecule has 0 heterocycles. The monoisotopic (exact) mass is 163 g/mol. The van der Waals surface area contributed by atoms with E-state index in [4.69, 9.17) is 15.5 Å². The molecule has 0 aromatic heterocycles. The fourth-order valence-corrected chi connectivity index (χ4v) is 0.777. The first-order valence-electron chi connectivity index (χ1n) is 3.11. The molecule has 0 saturated carbocycles. The van der Waals surface area contributed by atoms with Gasteiger partial charge >= 0.3 is 5.97 Å². The Morgan fingerprint density at radius 2 is 2.17 bits per heavy atom. The topological polar surface area (TPSA) is 81.3 Å². The molecular formula is C8H5NO3. The fraction of sp³-hybridized carbons (Fsp3) is 0. The average molecular weight is 163 g/mol. The minimum atomic E-state index is -1.25. The zero-order valence-electron chi connectivity index (χ0n) is 5.98. The maximum Gasteiger partial charge on any atom is 0.339 e. The van der Waals surface area contributed by atoms with E-state index in [1.54, 1.807) is 6.07 Å². The van der Waals surface area contributed by atoms with Gasteiger partial charge in [-0.05, 0) is 18.2 Å². The first-order valence-corrected chi connectivity index (χ1v) is 3.11. The zero-order chi connectivity index (χ0) is 9.14. The highest BCUT2D eigenvalue weighted by molar-refractivity contribution is 5.91. The number of aromatic carboxylic acids is 1. The number of phenols is 1. The second-order valence-corrected chi connectivity index (χ2v) is 2.15. The van der Waals surface area contributed by atoms with Gasteiger partial charge in [0.05, 0.1) is 11.6 Å². The summed E-state index contributed by atoms with van der Waals surface area (Å²) in [5.74, 6) is -1.58. The molecule has 12 heavy (non-hydrogen) atoms. The summed E-state index contributed by atoms with van der Waals surface area (Å²) in [5, 5.41) is 25.9. The molecule has 0 unspecified atom stereocenters. The minimum absolute atomic E-state index is 0.213. The van der Waals surface area contributed by atoms with Crippen LogP contribution >= 0.6 is 0 Å². The van der Waals surface area contributed by atoms with Gasteiger partial charge in [-0.1, -0.05) is 0 Å². The Labute approximate surface area is 68.3 Å². The molecule has 0 bridgehead atoms. The van der Waals surface area contributed by atoms with E-state index in [1.165, 1.54) is 12.1 Å². The fourth-order valence-electron chi connectivity index (χ4n) is 0.777. The molecule has 0 spiro atoms. The predicted molar refractivity (Wildman–Crippen MR) is 39.8 cm³/mol. The van der Waals surface area contributed by atoms with Crippen LogP contribution < -0.4 is 0 Å². The molecule has 0 saturated heterocycles. The first-order chi connectivity index (χ1) is 5.65. The van der Waals surface area contributed by atoms with E-state index in [0.29, 0.717) is 0 Å². The van der Waals surface area contributed by atoms with E-state index in [1.807, 2.05) is 0 Å². The van der Waals surface area contributed by atoms with Crippen LogP contribution in [0.1, 0.15) is 15.9 Å². The molecule has 4 heteroatoms. The summed E-state index contributed by atoms with van der Waals surface area (Å²) in [6.07, 6.45) is 0. The maximum atomic E-state index is 10.4. The van der Waals surface area contributed by atoms with Crippen LogP contribution in [0.2, 0.25) is 0 Å². The number of benzene rings is 1. The number of hydrogen-bond donors (Lipinski definition) is 2. The molecule has 0 aliphatic heterocycles. The Balaban J connectivity index is 3.28. The van der Waals surface area contributed by atoms with E-state index in [0.717, 1.165) is 6.07 Å². The summed E-state index contributed by atoms with van der Waals surface area (Å²) in [6, 6.07) is 5.43. The molecular weight excluding hydrogens is 158 g/mol. The van der Waals surface area contributed by atoms with E-state index in [2.05, 4.69) is 0 Å². The molecule has 0 aliphatic carbocycles. The van der Waals surface area contributed by atoms with Crippen molar-refractivity contribution in [3.05, 3.63) is 29.3 Å². The largest absolute Gasteiger partial charge is 0.507 e. The molecule has 60 valence electrons. The van der Waals surface area contributed by atoms with Gasteiger partial charge < -0.3 is 10.2 Å². The first kappa shape index (κ1) is 8.08. The lowest BCUT2D eigenvalue weighted by atomic mass is 10.1. The van der Waals surface area contributed by atoms with Crippen LogP contribution in [0.4, 0.5) is 0 Å². The lowest BCUT2D eigenvalue weighted by Crippen LogP contribution is -1.96. The summed E-state index contributed by atoms with van der Waals surface area (Å²) >= 11 is 0. The van der Waals surface area contributed by atoms with Gasteiger partial charge in [0.1, 0.15) is 11.3 Å². The molecule has 1 aromatic carbocycles. The van der Waals surface area contributed by atoms with Gasteiger partial charge in [-0.15, -0.1) is 0 Å². The second kappa shape index (κ2) is 2.93. The van der Waals surface area contributed by atoms with Crippen molar-refractivity contribution in [2.24, 2.45) is 0 Å². The van der Waals surface area contributed by atoms with Crippen molar-refractivity contribution in [2.45, 2.75) is 0 Å². The molecule has 2 N–H and O–H groups in total. The molecule has 1 rings (SSSR count). The van der Waals surface area contributed by atoms with Crippen molar-refractivity contribution in [2.75, 3.05) is 0 Å². The third-order valence-electron chi connectivity index (χ3n) is 1.36. The van der Waals surface area contributed by atoms with Crippen molar-refractivity contribution < 1.29 is 15.0 Å². The molecule has 0 aliphatic rings. The molecule has 0 atom stereocenters. The number of nitriles is 1. The van der Waals surface area contributed by atoms with Crippen LogP contribution in [-0.2, 0) is 0 Å². The van der Waals surface area contributed by atoms with Gasteiger partial charge in [-0.3, -0.25) is 0 Å². The standard InChI is InChI=1S/C8H5NO3/c9-4-5-1-2-7(10)6(3-5)8(11)12/h1-3,10H,(H,11,12). The number of carboxylic acids is 1. The van der Waals surface area contributed by atoms with Crippen LogP contribution in [-0.4, -0.2) is 16.2 Å². The Morgan fingerprint density at radius 3 is 2.67 bits per heavy atom. The van der Waals surface area contributed by atoms with Crippen molar-refractivity contribution in [1.82, 2.24) is 0 Å². The molecule has 0 fully saturated rings. The quantitative estimate of drug-likeness (QED) is 0.646. The highest BCUT2D eigenvalue weighted by Gasteiger charge is 2.09. The number of carboxylic acid groups (broad SMARTS) is 1. The van der Waals surface area contributed by atoms with Gasteiger partial charge in [-0.25, -0.2) is 4.79 Å². The predicted octanol–water partition coefficient (Wildman–Crippen LogP) is 0.962. The summed E-state index contributed by atoms with van der Waals surface area (Å²) in [5.41, 5.74) is -0.0424. The van der Waals surface area contributed by atoms with Crippen molar-refractivity contribution in [1.29, 1.82) is 5.26 Å². The average Bonchev–Trinajstić information content (AvgIpc) is 2.05. The van der Waals surface area contributed by atoms with Gasteiger partial charge in [-0.2, -0.15) is 5.26 Å². The Bertz CT molecular complexity index is 365.